The second kappa shape index (κ2) is 5.31. The Morgan fingerprint density at radius 1 is 1.05 bits per heavy atom. The lowest BCUT2D eigenvalue weighted by molar-refractivity contribution is 0.415. The fourth-order valence-corrected chi connectivity index (χ4v) is 3.37. The molecule has 0 amide bonds. The van der Waals surface area contributed by atoms with Crippen molar-refractivity contribution in [2.24, 2.45) is 0 Å². The molecule has 2 aromatic carbocycles. The minimum Gasteiger partial charge on any atom is -0.497 e. The van der Waals surface area contributed by atoms with Crippen LogP contribution in [-0.2, 0) is 0 Å². The topological polar surface area (TPSA) is 37.9 Å². The molecular weight excluding hydrogens is 292 g/mol. The quantitative estimate of drug-likeness (QED) is 0.580. The van der Waals surface area contributed by atoms with Crippen LogP contribution in [-0.4, -0.2) is 17.1 Å². The zero-order valence-corrected chi connectivity index (χ0v) is 12.9. The number of methoxy groups -OCH3 is 1. The number of ether oxygens (including phenoxy) is 1. The van der Waals surface area contributed by atoms with Gasteiger partial charge in [0.2, 0.25) is 0 Å². The highest BCUT2D eigenvalue weighted by atomic mass is 32.1. The predicted molar refractivity (Wildman–Crippen MR) is 91.4 cm³/mol. The number of aromatic amines is 1. The second-order valence-electron chi connectivity index (χ2n) is 5.01. The van der Waals surface area contributed by atoms with Crippen molar-refractivity contribution in [2.45, 2.75) is 0 Å². The third kappa shape index (κ3) is 2.18. The molecule has 22 heavy (non-hydrogen) atoms. The van der Waals surface area contributed by atoms with Crippen LogP contribution in [0.25, 0.3) is 32.7 Å². The first-order valence-electron chi connectivity index (χ1n) is 7.01. The van der Waals surface area contributed by atoms with Gasteiger partial charge in [-0.25, -0.2) is 4.98 Å². The Kier molecular flexibility index (Phi) is 3.16. The van der Waals surface area contributed by atoms with Gasteiger partial charge in [-0.1, -0.05) is 18.2 Å². The first kappa shape index (κ1) is 13.1. The Bertz CT molecular complexity index is 922. The molecule has 4 rings (SSSR count). The number of nitrogens with zero attached hydrogens (tertiary/aromatic N) is 1. The predicted octanol–water partition coefficient (Wildman–Crippen LogP) is 4.97. The highest BCUT2D eigenvalue weighted by molar-refractivity contribution is 7.13. The van der Waals surface area contributed by atoms with Gasteiger partial charge in [-0.3, -0.25) is 0 Å². The maximum absolute atomic E-state index is 5.20. The van der Waals surface area contributed by atoms with Crippen molar-refractivity contribution in [1.82, 2.24) is 9.97 Å². The molecular formula is C18H14N2OS. The normalized spacial score (nSPS) is 11.0. The third-order valence-electron chi connectivity index (χ3n) is 3.71. The van der Waals surface area contributed by atoms with E-state index in [-0.39, 0.29) is 0 Å². The maximum atomic E-state index is 5.20. The molecule has 2 aromatic heterocycles. The van der Waals surface area contributed by atoms with Crippen LogP contribution in [0.3, 0.4) is 0 Å². The van der Waals surface area contributed by atoms with E-state index in [1.165, 1.54) is 5.39 Å². The largest absolute Gasteiger partial charge is 0.497 e. The lowest BCUT2D eigenvalue weighted by atomic mass is 10.1. The molecule has 0 aliphatic heterocycles. The van der Waals surface area contributed by atoms with Gasteiger partial charge in [0.1, 0.15) is 10.8 Å². The summed E-state index contributed by atoms with van der Waals surface area (Å²) in [5.41, 5.74) is 4.40. The van der Waals surface area contributed by atoms with Gasteiger partial charge in [-0.2, -0.15) is 0 Å². The van der Waals surface area contributed by atoms with Crippen LogP contribution in [0.5, 0.6) is 5.75 Å². The van der Waals surface area contributed by atoms with Gasteiger partial charge >= 0.3 is 0 Å². The molecule has 0 aliphatic carbocycles. The second-order valence-corrected chi connectivity index (χ2v) is 5.87. The molecule has 0 radical (unpaired) electrons. The number of hydrogen-bond acceptors (Lipinski definition) is 3. The van der Waals surface area contributed by atoms with E-state index in [0.717, 1.165) is 33.1 Å². The van der Waals surface area contributed by atoms with Crippen LogP contribution in [0.1, 0.15) is 0 Å². The van der Waals surface area contributed by atoms with Gasteiger partial charge in [0.05, 0.1) is 12.8 Å². The van der Waals surface area contributed by atoms with Crippen LogP contribution in [0.4, 0.5) is 0 Å². The van der Waals surface area contributed by atoms with Crippen molar-refractivity contribution >= 4 is 22.2 Å². The molecule has 0 spiro atoms. The molecule has 0 aliphatic rings. The number of nitrogens with one attached hydrogen (secondary N) is 1. The molecule has 0 unspecified atom stereocenters. The Balaban J connectivity index is 1.74. The van der Waals surface area contributed by atoms with Gasteiger partial charge in [-0.05, 0) is 30.3 Å². The number of aromatic nitrogens is 2. The lowest BCUT2D eigenvalue weighted by Crippen LogP contribution is -1.82. The number of fused-ring (bicyclic) bond motifs is 1. The molecule has 0 saturated carbocycles. The number of H-pyrrole nitrogens is 1. The number of thiazole rings is 1. The monoisotopic (exact) mass is 306 g/mol. The van der Waals surface area contributed by atoms with Gasteiger partial charge < -0.3 is 9.72 Å². The smallest absolute Gasteiger partial charge is 0.124 e. The fourth-order valence-electron chi connectivity index (χ4n) is 2.55. The average Bonchev–Trinajstić information content (AvgIpc) is 3.21. The number of benzene rings is 2. The van der Waals surface area contributed by atoms with Crippen molar-refractivity contribution in [3.63, 3.8) is 0 Å². The first-order chi connectivity index (χ1) is 10.8. The Morgan fingerprint density at radius 3 is 2.68 bits per heavy atom. The van der Waals surface area contributed by atoms with E-state index < -0.39 is 0 Å². The molecule has 2 heterocycles. The molecule has 4 aromatic rings. The maximum Gasteiger partial charge on any atom is 0.124 e. The van der Waals surface area contributed by atoms with E-state index in [2.05, 4.69) is 28.6 Å². The van der Waals surface area contributed by atoms with Crippen LogP contribution in [0, 0.1) is 0 Å². The van der Waals surface area contributed by atoms with Gasteiger partial charge in [0, 0.05) is 33.6 Å². The van der Waals surface area contributed by atoms with Gasteiger partial charge in [0.25, 0.3) is 0 Å². The summed E-state index contributed by atoms with van der Waals surface area (Å²) in [4.78, 5) is 8.09. The molecule has 0 bridgehead atoms. The minimum atomic E-state index is 0.858. The van der Waals surface area contributed by atoms with E-state index in [4.69, 9.17) is 9.72 Å². The van der Waals surface area contributed by atoms with Crippen molar-refractivity contribution in [3.05, 3.63) is 60.1 Å². The third-order valence-corrected chi connectivity index (χ3v) is 4.60. The Labute approximate surface area is 132 Å². The summed E-state index contributed by atoms with van der Waals surface area (Å²) in [5, 5.41) is 4.33. The van der Waals surface area contributed by atoms with Crippen molar-refractivity contribution in [1.29, 1.82) is 0 Å². The van der Waals surface area contributed by atoms with Crippen LogP contribution < -0.4 is 4.74 Å². The van der Waals surface area contributed by atoms with Gasteiger partial charge in [-0.15, -0.1) is 11.3 Å². The molecule has 0 fully saturated rings. The molecule has 3 nitrogen and oxygen atoms in total. The zero-order valence-electron chi connectivity index (χ0n) is 12.0. The lowest BCUT2D eigenvalue weighted by Gasteiger charge is -2.00. The summed E-state index contributed by atoms with van der Waals surface area (Å²) >= 11 is 1.66. The highest BCUT2D eigenvalue weighted by Crippen LogP contribution is 2.33. The fraction of sp³-hybridized carbons (Fsp3) is 0.0556. The Hall–Kier alpha value is -2.59. The molecule has 0 saturated heterocycles. The summed E-state index contributed by atoms with van der Waals surface area (Å²) in [5.74, 6) is 0.858. The van der Waals surface area contributed by atoms with E-state index in [1.807, 2.05) is 36.5 Å². The standard InChI is InChI=1S/C18H14N2OS/c1-21-13-8-6-12(7-9-13)18-20-17(11-22-18)15-10-19-16-5-3-2-4-14(15)16/h2-11,19H,1H3. The van der Waals surface area contributed by atoms with E-state index in [0.29, 0.717) is 0 Å². The number of para-hydroxylation sites is 1. The van der Waals surface area contributed by atoms with Crippen molar-refractivity contribution in [2.75, 3.05) is 7.11 Å². The summed E-state index contributed by atoms with van der Waals surface area (Å²) < 4.78 is 5.20. The van der Waals surface area contributed by atoms with Crippen LogP contribution in [0.2, 0.25) is 0 Å². The minimum absolute atomic E-state index is 0.858. The summed E-state index contributed by atoms with van der Waals surface area (Å²) in [6, 6.07) is 16.3. The number of rotatable bonds is 3. The van der Waals surface area contributed by atoms with Crippen LogP contribution >= 0.6 is 11.3 Å². The first-order valence-corrected chi connectivity index (χ1v) is 7.89. The molecule has 0 atom stereocenters. The average molecular weight is 306 g/mol. The van der Waals surface area contributed by atoms with E-state index in [9.17, 15) is 0 Å². The zero-order chi connectivity index (χ0) is 14.9. The van der Waals surface area contributed by atoms with Crippen LogP contribution in [0.15, 0.2) is 60.1 Å². The summed E-state index contributed by atoms with van der Waals surface area (Å²) in [6.07, 6.45) is 2.03. The van der Waals surface area contributed by atoms with E-state index in [1.54, 1.807) is 18.4 Å². The Morgan fingerprint density at radius 2 is 1.86 bits per heavy atom. The summed E-state index contributed by atoms with van der Waals surface area (Å²) in [7, 11) is 1.67. The van der Waals surface area contributed by atoms with Crippen molar-refractivity contribution < 1.29 is 4.74 Å². The van der Waals surface area contributed by atoms with Gasteiger partial charge in [0.15, 0.2) is 0 Å². The highest BCUT2D eigenvalue weighted by Gasteiger charge is 2.10. The molecule has 108 valence electrons. The molecule has 4 heteroatoms. The number of hydrogen-bond donors (Lipinski definition) is 1. The van der Waals surface area contributed by atoms with Crippen molar-refractivity contribution in [3.8, 4) is 27.6 Å². The SMILES string of the molecule is COc1ccc(-c2nc(-c3c[nH]c4ccccc34)cs2)cc1. The summed E-state index contributed by atoms with van der Waals surface area (Å²) in [6.45, 7) is 0. The molecule has 1 N–H and O–H groups in total. The van der Waals surface area contributed by atoms with E-state index >= 15 is 0 Å².